The monoisotopic (exact) mass is 411 g/mol. The third-order valence-corrected chi connectivity index (χ3v) is 6.96. The van der Waals surface area contributed by atoms with Gasteiger partial charge >= 0.3 is 0 Å². The summed E-state index contributed by atoms with van der Waals surface area (Å²) in [6, 6.07) is 4.48. The second-order valence-corrected chi connectivity index (χ2v) is 9.03. The van der Waals surface area contributed by atoms with Crippen molar-refractivity contribution >= 4 is 22.6 Å². The molecule has 30 heavy (non-hydrogen) atoms. The Labute approximate surface area is 180 Å². The Bertz CT molecular complexity index is 843. The lowest BCUT2D eigenvalue weighted by molar-refractivity contribution is 0.0948. The van der Waals surface area contributed by atoms with E-state index in [-0.39, 0.29) is 11.8 Å². The zero-order chi connectivity index (χ0) is 20.9. The van der Waals surface area contributed by atoms with Gasteiger partial charge in [0.05, 0.1) is 11.4 Å². The molecule has 0 saturated carbocycles. The van der Waals surface area contributed by atoms with Crippen LogP contribution in [-0.4, -0.2) is 46.7 Å². The van der Waals surface area contributed by atoms with Crippen LogP contribution in [0.25, 0.3) is 11.0 Å². The van der Waals surface area contributed by atoms with E-state index in [0.717, 1.165) is 68.7 Å². The van der Waals surface area contributed by atoms with Crippen molar-refractivity contribution < 1.29 is 4.79 Å². The van der Waals surface area contributed by atoms with E-state index in [9.17, 15) is 4.79 Å². The summed E-state index contributed by atoms with van der Waals surface area (Å²) in [7, 11) is 0. The molecule has 0 bridgehead atoms. The maximum atomic E-state index is 13.2. The number of anilines is 1. The fraction of sp³-hybridized carbons (Fsp3) is 0.708. The number of ketones is 1. The molecule has 164 valence electrons. The first-order chi connectivity index (χ1) is 14.7. The van der Waals surface area contributed by atoms with Gasteiger partial charge in [0.1, 0.15) is 11.5 Å². The molecule has 0 amide bonds. The molecule has 0 atom stereocenters. The molecule has 1 N–H and O–H groups in total. The normalized spacial score (nSPS) is 18.8. The molecule has 0 spiro atoms. The van der Waals surface area contributed by atoms with Gasteiger partial charge in [0.25, 0.3) is 0 Å². The average molecular weight is 412 g/mol. The van der Waals surface area contributed by atoms with E-state index in [2.05, 4.69) is 36.2 Å². The topological polar surface area (TPSA) is 63.1 Å². The number of hydrogen-bond donors (Lipinski definition) is 1. The molecule has 2 aliphatic rings. The summed E-state index contributed by atoms with van der Waals surface area (Å²) in [6.07, 6.45) is 9.80. The van der Waals surface area contributed by atoms with Crippen molar-refractivity contribution in [1.29, 1.82) is 0 Å². The molecular weight excluding hydrogens is 374 g/mol. The van der Waals surface area contributed by atoms with Crippen molar-refractivity contribution in [3.63, 3.8) is 0 Å². The van der Waals surface area contributed by atoms with Crippen LogP contribution in [0.2, 0.25) is 0 Å². The molecule has 2 saturated heterocycles. The second kappa shape index (κ2) is 9.90. The van der Waals surface area contributed by atoms with E-state index >= 15 is 0 Å². The molecule has 0 aromatic carbocycles. The highest BCUT2D eigenvalue weighted by molar-refractivity contribution is 6.05. The number of aromatic nitrogens is 3. The van der Waals surface area contributed by atoms with Crippen molar-refractivity contribution in [1.82, 2.24) is 20.1 Å². The number of carbonyl (C=O) groups excluding carboxylic acids is 1. The number of hydrogen-bond acceptors (Lipinski definition) is 5. The third-order valence-electron chi connectivity index (χ3n) is 6.96. The van der Waals surface area contributed by atoms with Crippen LogP contribution in [0.3, 0.4) is 0 Å². The molecule has 4 heterocycles. The largest absolute Gasteiger partial charge is 0.357 e. The minimum atomic E-state index is 0.181. The summed E-state index contributed by atoms with van der Waals surface area (Å²) in [5.41, 5.74) is 1.52. The summed E-state index contributed by atoms with van der Waals surface area (Å²) in [5.74, 6) is 1.69. The molecule has 2 aliphatic heterocycles. The van der Waals surface area contributed by atoms with E-state index in [0.29, 0.717) is 18.0 Å². The van der Waals surface area contributed by atoms with Gasteiger partial charge in [-0.25, -0.2) is 9.67 Å². The highest BCUT2D eigenvalue weighted by atomic mass is 16.1. The lowest BCUT2D eigenvalue weighted by Crippen LogP contribution is -2.29. The molecule has 0 unspecified atom stereocenters. The van der Waals surface area contributed by atoms with Gasteiger partial charge in [-0.05, 0) is 69.7 Å². The zero-order valence-electron chi connectivity index (χ0n) is 18.7. The molecule has 2 fully saturated rings. The predicted molar refractivity (Wildman–Crippen MR) is 122 cm³/mol. The van der Waals surface area contributed by atoms with E-state index < -0.39 is 0 Å². The van der Waals surface area contributed by atoms with E-state index in [1.54, 1.807) is 0 Å². The van der Waals surface area contributed by atoms with E-state index in [1.807, 2.05) is 4.68 Å². The Morgan fingerprint density at radius 3 is 2.47 bits per heavy atom. The van der Waals surface area contributed by atoms with Crippen LogP contribution < -0.4 is 10.2 Å². The number of nitrogens with zero attached hydrogens (tertiary/aromatic N) is 4. The smallest absolute Gasteiger partial charge is 0.184 e. The van der Waals surface area contributed by atoms with Gasteiger partial charge in [0.15, 0.2) is 11.4 Å². The Morgan fingerprint density at radius 1 is 1.10 bits per heavy atom. The number of rotatable bonds is 7. The minimum Gasteiger partial charge on any atom is -0.357 e. The van der Waals surface area contributed by atoms with Gasteiger partial charge in [-0.15, -0.1) is 0 Å². The van der Waals surface area contributed by atoms with Crippen molar-refractivity contribution in [2.24, 2.45) is 5.92 Å². The van der Waals surface area contributed by atoms with Crippen LogP contribution >= 0.6 is 0 Å². The van der Waals surface area contributed by atoms with Gasteiger partial charge in [-0.3, -0.25) is 4.79 Å². The lowest BCUT2D eigenvalue weighted by atomic mass is 9.91. The van der Waals surface area contributed by atoms with E-state index in [4.69, 9.17) is 10.1 Å². The highest BCUT2D eigenvalue weighted by Gasteiger charge is 2.25. The second-order valence-electron chi connectivity index (χ2n) is 9.03. The number of Topliss-reactive ketones (excluding diaryl/α,β-unsaturated/α-hetero) is 1. The number of fused-ring (bicyclic) bond motifs is 1. The zero-order valence-corrected chi connectivity index (χ0v) is 18.7. The van der Waals surface area contributed by atoms with Gasteiger partial charge in [-0.1, -0.05) is 26.7 Å². The number of piperidine rings is 1. The Kier molecular flexibility index (Phi) is 7.03. The molecule has 0 radical (unpaired) electrons. The van der Waals surface area contributed by atoms with Crippen LogP contribution in [0.5, 0.6) is 0 Å². The molecule has 6 heteroatoms. The standard InChI is InChI=1S/C24H37N5O/c1-3-19(4-2)29-24-20(9-10-22(26-24)28-15-7-5-6-8-16-28)23(27-29)21(30)17-18-11-13-25-14-12-18/h9-10,18-19,25H,3-8,11-17H2,1-2H3. The first-order valence-electron chi connectivity index (χ1n) is 12.1. The van der Waals surface area contributed by atoms with Crippen LogP contribution in [0.15, 0.2) is 12.1 Å². The molecule has 4 rings (SSSR count). The Hall–Kier alpha value is -1.95. The summed E-state index contributed by atoms with van der Waals surface area (Å²) in [6.45, 7) is 8.55. The third kappa shape index (κ3) is 4.53. The predicted octanol–water partition coefficient (Wildman–Crippen LogP) is 4.75. The average Bonchev–Trinajstić information content (AvgIpc) is 2.95. The van der Waals surface area contributed by atoms with Crippen LogP contribution in [0.1, 0.15) is 88.2 Å². The van der Waals surface area contributed by atoms with Crippen molar-refractivity contribution in [2.75, 3.05) is 31.1 Å². The molecule has 2 aromatic rings. The number of carbonyl (C=O) groups is 1. The van der Waals surface area contributed by atoms with Gasteiger partial charge in [-0.2, -0.15) is 5.10 Å². The number of pyridine rings is 1. The van der Waals surface area contributed by atoms with Crippen LogP contribution in [0, 0.1) is 5.92 Å². The summed E-state index contributed by atoms with van der Waals surface area (Å²) in [5, 5.41) is 9.19. The van der Waals surface area contributed by atoms with Gasteiger partial charge in [0, 0.05) is 19.5 Å². The van der Waals surface area contributed by atoms with Crippen molar-refractivity contribution in [3.8, 4) is 0 Å². The van der Waals surface area contributed by atoms with E-state index in [1.165, 1.54) is 25.7 Å². The highest BCUT2D eigenvalue weighted by Crippen LogP contribution is 2.29. The lowest BCUT2D eigenvalue weighted by Gasteiger charge is -2.22. The minimum absolute atomic E-state index is 0.181. The fourth-order valence-corrected chi connectivity index (χ4v) is 5.02. The van der Waals surface area contributed by atoms with Gasteiger partial charge in [0.2, 0.25) is 0 Å². The fourth-order valence-electron chi connectivity index (χ4n) is 5.02. The first kappa shape index (κ1) is 21.3. The first-order valence-corrected chi connectivity index (χ1v) is 12.1. The SMILES string of the molecule is CCC(CC)n1nc(C(=O)CC2CCNCC2)c2ccc(N3CCCCCC3)nc21. The summed E-state index contributed by atoms with van der Waals surface area (Å²) < 4.78 is 2.05. The Balaban J connectivity index is 1.68. The molecule has 2 aromatic heterocycles. The van der Waals surface area contributed by atoms with Crippen molar-refractivity contribution in [3.05, 3.63) is 17.8 Å². The Morgan fingerprint density at radius 2 is 1.80 bits per heavy atom. The van der Waals surface area contributed by atoms with Crippen LogP contribution in [0.4, 0.5) is 5.82 Å². The molecule has 0 aliphatic carbocycles. The quantitative estimate of drug-likeness (QED) is 0.667. The summed E-state index contributed by atoms with van der Waals surface area (Å²) in [4.78, 5) is 20.7. The molecule has 6 nitrogen and oxygen atoms in total. The maximum absolute atomic E-state index is 13.2. The summed E-state index contributed by atoms with van der Waals surface area (Å²) >= 11 is 0. The number of nitrogens with one attached hydrogen (secondary N) is 1. The van der Waals surface area contributed by atoms with Crippen molar-refractivity contribution in [2.45, 2.75) is 77.7 Å². The van der Waals surface area contributed by atoms with Crippen LogP contribution in [-0.2, 0) is 0 Å². The van der Waals surface area contributed by atoms with Gasteiger partial charge < -0.3 is 10.2 Å². The molecular formula is C24H37N5O. The maximum Gasteiger partial charge on any atom is 0.184 e.